The van der Waals surface area contributed by atoms with E-state index in [1.165, 1.54) is 5.56 Å². The second-order valence-corrected chi connectivity index (χ2v) is 3.17. The summed E-state index contributed by atoms with van der Waals surface area (Å²) in [6.45, 7) is 3.73. The quantitative estimate of drug-likeness (QED) is 0.495. The molecule has 0 spiro atoms. The lowest BCUT2D eigenvalue weighted by atomic mass is 10.1. The molecule has 0 N–H and O–H groups in total. The molecule has 0 saturated heterocycles. The minimum atomic E-state index is 0.194. The summed E-state index contributed by atoms with van der Waals surface area (Å²) in [4.78, 5) is 0. The van der Waals surface area contributed by atoms with E-state index >= 15 is 0 Å². The van der Waals surface area contributed by atoms with Crippen LogP contribution in [0.25, 0.3) is 0 Å². The molecule has 0 radical (unpaired) electrons. The SMILES string of the molecule is C=CC(Cc1ccccc1)O[SiH3]. The fraction of sp³-hybridized carbons (Fsp3) is 0.200. The van der Waals surface area contributed by atoms with Crippen LogP contribution in [0.15, 0.2) is 43.0 Å². The first kappa shape index (κ1) is 9.23. The van der Waals surface area contributed by atoms with Crippen molar-refractivity contribution < 1.29 is 4.43 Å². The summed E-state index contributed by atoms with van der Waals surface area (Å²) in [5.74, 6) is 0. The minimum absolute atomic E-state index is 0.194. The van der Waals surface area contributed by atoms with Crippen LogP contribution in [0, 0.1) is 0 Å². The van der Waals surface area contributed by atoms with E-state index in [2.05, 4.69) is 18.7 Å². The van der Waals surface area contributed by atoms with Crippen molar-refractivity contribution in [2.45, 2.75) is 12.5 Å². The van der Waals surface area contributed by atoms with Gasteiger partial charge in [-0.2, -0.15) is 0 Å². The zero-order valence-electron chi connectivity index (χ0n) is 7.36. The number of hydrogen-bond acceptors (Lipinski definition) is 1. The molecule has 1 aromatic rings. The molecule has 0 aliphatic heterocycles. The van der Waals surface area contributed by atoms with Crippen molar-refractivity contribution in [2.75, 3.05) is 0 Å². The van der Waals surface area contributed by atoms with Crippen molar-refractivity contribution in [1.29, 1.82) is 0 Å². The van der Waals surface area contributed by atoms with Gasteiger partial charge in [0.15, 0.2) is 0 Å². The van der Waals surface area contributed by atoms with E-state index in [-0.39, 0.29) is 6.10 Å². The molecule has 0 aliphatic carbocycles. The fourth-order valence-corrected chi connectivity index (χ4v) is 1.47. The van der Waals surface area contributed by atoms with Gasteiger partial charge in [0.2, 0.25) is 0 Å². The average Bonchev–Trinajstić information content (AvgIpc) is 2.16. The Morgan fingerprint density at radius 1 is 1.42 bits per heavy atom. The molecule has 0 aromatic heterocycles. The van der Waals surface area contributed by atoms with Crippen LogP contribution in [0.4, 0.5) is 0 Å². The summed E-state index contributed by atoms with van der Waals surface area (Å²) in [5.41, 5.74) is 1.30. The van der Waals surface area contributed by atoms with Gasteiger partial charge in [-0.3, -0.25) is 0 Å². The summed E-state index contributed by atoms with van der Waals surface area (Å²) in [7, 11) is 0.771. The van der Waals surface area contributed by atoms with Crippen molar-refractivity contribution >= 4 is 10.5 Å². The number of hydrogen-bond donors (Lipinski definition) is 0. The zero-order valence-corrected chi connectivity index (χ0v) is 9.36. The molecule has 2 heteroatoms. The highest BCUT2D eigenvalue weighted by Gasteiger charge is 2.01. The molecule has 1 aromatic carbocycles. The highest BCUT2D eigenvalue weighted by Crippen LogP contribution is 2.05. The van der Waals surface area contributed by atoms with Crippen molar-refractivity contribution in [3.8, 4) is 0 Å². The first-order chi connectivity index (χ1) is 5.86. The monoisotopic (exact) mass is 178 g/mol. The summed E-state index contributed by atoms with van der Waals surface area (Å²) < 4.78 is 5.32. The molecule has 0 bridgehead atoms. The summed E-state index contributed by atoms with van der Waals surface area (Å²) >= 11 is 0. The summed E-state index contributed by atoms with van der Waals surface area (Å²) in [6, 6.07) is 10.3. The molecular formula is C10H14OSi. The van der Waals surface area contributed by atoms with Crippen molar-refractivity contribution in [2.24, 2.45) is 0 Å². The Morgan fingerprint density at radius 2 is 2.08 bits per heavy atom. The molecule has 0 aliphatic rings. The molecule has 0 saturated carbocycles. The molecule has 1 atom stereocenters. The van der Waals surface area contributed by atoms with Crippen LogP contribution in [-0.2, 0) is 10.8 Å². The lowest BCUT2D eigenvalue weighted by Crippen LogP contribution is -2.10. The van der Waals surface area contributed by atoms with E-state index in [9.17, 15) is 0 Å². The third-order valence-electron chi connectivity index (χ3n) is 1.85. The Bertz CT molecular complexity index is 233. The smallest absolute Gasteiger partial charge is 0.146 e. The molecule has 0 heterocycles. The van der Waals surface area contributed by atoms with Crippen LogP contribution >= 0.6 is 0 Å². The highest BCUT2D eigenvalue weighted by atomic mass is 28.2. The lowest BCUT2D eigenvalue weighted by molar-refractivity contribution is 0.275. The van der Waals surface area contributed by atoms with Gasteiger partial charge in [-0.1, -0.05) is 36.4 Å². The van der Waals surface area contributed by atoms with Gasteiger partial charge < -0.3 is 4.43 Å². The van der Waals surface area contributed by atoms with Gasteiger partial charge in [-0.15, -0.1) is 6.58 Å². The fourth-order valence-electron chi connectivity index (χ4n) is 1.11. The van der Waals surface area contributed by atoms with Crippen LogP contribution < -0.4 is 0 Å². The van der Waals surface area contributed by atoms with E-state index in [1.54, 1.807) is 0 Å². The van der Waals surface area contributed by atoms with E-state index < -0.39 is 0 Å². The number of benzene rings is 1. The molecule has 64 valence electrons. The molecular weight excluding hydrogens is 164 g/mol. The first-order valence-corrected chi connectivity index (χ1v) is 4.87. The molecule has 0 amide bonds. The van der Waals surface area contributed by atoms with Crippen LogP contribution in [0.1, 0.15) is 5.56 Å². The number of rotatable bonds is 4. The van der Waals surface area contributed by atoms with Gasteiger partial charge in [0.1, 0.15) is 10.5 Å². The Morgan fingerprint density at radius 3 is 2.58 bits per heavy atom. The Balaban J connectivity index is 2.56. The first-order valence-electron chi connectivity index (χ1n) is 4.06. The molecule has 1 unspecified atom stereocenters. The minimum Gasteiger partial charge on any atom is -0.421 e. The largest absolute Gasteiger partial charge is 0.421 e. The average molecular weight is 178 g/mol. The maximum Gasteiger partial charge on any atom is 0.146 e. The third-order valence-corrected chi connectivity index (χ3v) is 2.45. The van der Waals surface area contributed by atoms with Crippen LogP contribution in [-0.4, -0.2) is 16.6 Å². The topological polar surface area (TPSA) is 9.23 Å². The third kappa shape index (κ3) is 2.64. The normalized spacial score (nSPS) is 12.7. The van der Waals surface area contributed by atoms with Crippen LogP contribution in [0.5, 0.6) is 0 Å². The molecule has 1 nitrogen and oxygen atoms in total. The maximum absolute atomic E-state index is 5.32. The van der Waals surface area contributed by atoms with Gasteiger partial charge in [0, 0.05) is 6.42 Å². The van der Waals surface area contributed by atoms with Gasteiger partial charge in [-0.25, -0.2) is 0 Å². The lowest BCUT2D eigenvalue weighted by Gasteiger charge is -2.10. The zero-order chi connectivity index (χ0) is 8.81. The molecule has 1 rings (SSSR count). The van der Waals surface area contributed by atoms with E-state index in [0.717, 1.165) is 16.9 Å². The van der Waals surface area contributed by atoms with Crippen LogP contribution in [0.3, 0.4) is 0 Å². The maximum atomic E-state index is 5.32. The highest BCUT2D eigenvalue weighted by molar-refractivity contribution is 5.98. The Kier molecular flexibility index (Phi) is 3.77. The van der Waals surface area contributed by atoms with Crippen LogP contribution in [0.2, 0.25) is 0 Å². The predicted molar refractivity (Wildman–Crippen MR) is 55.2 cm³/mol. The Hall–Kier alpha value is -0.863. The van der Waals surface area contributed by atoms with E-state index in [0.29, 0.717) is 0 Å². The van der Waals surface area contributed by atoms with Crippen molar-refractivity contribution in [1.82, 2.24) is 0 Å². The second-order valence-electron chi connectivity index (χ2n) is 2.70. The second kappa shape index (κ2) is 4.90. The predicted octanol–water partition coefficient (Wildman–Crippen LogP) is 1.08. The van der Waals surface area contributed by atoms with Gasteiger partial charge in [-0.05, 0) is 5.56 Å². The van der Waals surface area contributed by atoms with Gasteiger partial charge in [0.25, 0.3) is 0 Å². The van der Waals surface area contributed by atoms with E-state index in [1.807, 2.05) is 24.3 Å². The van der Waals surface area contributed by atoms with Crippen molar-refractivity contribution in [3.05, 3.63) is 48.6 Å². The summed E-state index contributed by atoms with van der Waals surface area (Å²) in [6.07, 6.45) is 2.99. The summed E-state index contributed by atoms with van der Waals surface area (Å²) in [5, 5.41) is 0. The molecule has 0 fully saturated rings. The van der Waals surface area contributed by atoms with E-state index in [4.69, 9.17) is 4.43 Å². The van der Waals surface area contributed by atoms with Crippen molar-refractivity contribution in [3.63, 3.8) is 0 Å². The van der Waals surface area contributed by atoms with Gasteiger partial charge in [0.05, 0.1) is 6.10 Å². The Labute approximate surface area is 76.6 Å². The molecule has 12 heavy (non-hydrogen) atoms. The van der Waals surface area contributed by atoms with Gasteiger partial charge >= 0.3 is 0 Å². The standard InChI is InChI=1S/C10H14OSi/c1-2-10(11-12)8-9-6-4-3-5-7-9/h2-7,10H,1,8H2,12H3.